The Hall–Kier alpha value is -1.56. The summed E-state index contributed by atoms with van der Waals surface area (Å²) in [6, 6.07) is 8.37. The fourth-order valence-electron chi connectivity index (χ4n) is 2.52. The smallest absolute Gasteiger partial charge is 0.0296 e. The first-order chi connectivity index (χ1) is 7.66. The Morgan fingerprint density at radius 1 is 1.12 bits per heavy atom. The van der Waals surface area contributed by atoms with E-state index in [0.717, 1.165) is 12.8 Å². The average molecular weight is 210 g/mol. The molecule has 0 bridgehead atoms. The summed E-state index contributed by atoms with van der Waals surface area (Å²) >= 11 is 0. The van der Waals surface area contributed by atoms with Gasteiger partial charge in [0.05, 0.1) is 0 Å². The Balaban J connectivity index is 2.39. The van der Waals surface area contributed by atoms with Crippen molar-refractivity contribution in [3.8, 4) is 0 Å². The molecule has 1 aromatic rings. The molecule has 0 heteroatoms. The van der Waals surface area contributed by atoms with Crippen molar-refractivity contribution < 1.29 is 0 Å². The molecule has 0 N–H and O–H groups in total. The van der Waals surface area contributed by atoms with Crippen LogP contribution in [-0.4, -0.2) is 0 Å². The molecule has 0 aliphatic heterocycles. The second-order valence-corrected chi connectivity index (χ2v) is 4.44. The molecule has 0 saturated carbocycles. The third-order valence-corrected chi connectivity index (χ3v) is 3.30. The standard InChI is InChI=1S/C16H18/c1-5-8-11(2)16-12(3)14-9-6-7-10-15(14)13(16)4/h6-7,9-10,16H,2-5,8H2,1H3. The van der Waals surface area contributed by atoms with Crippen molar-refractivity contribution in [3.05, 3.63) is 60.7 Å². The van der Waals surface area contributed by atoms with Gasteiger partial charge in [-0.15, -0.1) is 0 Å². The second kappa shape index (κ2) is 4.13. The minimum absolute atomic E-state index is 0.261. The van der Waals surface area contributed by atoms with E-state index in [9.17, 15) is 0 Å². The molecule has 1 aliphatic rings. The molecule has 0 aromatic heterocycles. The van der Waals surface area contributed by atoms with Crippen molar-refractivity contribution in [3.63, 3.8) is 0 Å². The molecular formula is C16H18. The van der Waals surface area contributed by atoms with E-state index in [1.807, 2.05) is 0 Å². The van der Waals surface area contributed by atoms with Crippen LogP contribution in [0.2, 0.25) is 0 Å². The first-order valence-electron chi connectivity index (χ1n) is 5.81. The summed E-state index contributed by atoms with van der Waals surface area (Å²) in [4.78, 5) is 0. The molecule has 0 heterocycles. The van der Waals surface area contributed by atoms with Gasteiger partial charge in [0.2, 0.25) is 0 Å². The van der Waals surface area contributed by atoms with Gasteiger partial charge in [0.1, 0.15) is 0 Å². The summed E-state index contributed by atoms with van der Waals surface area (Å²) in [5, 5.41) is 0. The number of fused-ring (bicyclic) bond motifs is 1. The van der Waals surface area contributed by atoms with Gasteiger partial charge in [0.15, 0.2) is 0 Å². The highest BCUT2D eigenvalue weighted by atomic mass is 14.3. The van der Waals surface area contributed by atoms with Gasteiger partial charge in [-0.1, -0.05) is 62.9 Å². The molecule has 0 fully saturated rings. The van der Waals surface area contributed by atoms with Crippen LogP contribution >= 0.6 is 0 Å². The fourth-order valence-corrected chi connectivity index (χ4v) is 2.52. The molecule has 0 saturated heterocycles. The summed E-state index contributed by atoms with van der Waals surface area (Å²) in [5.74, 6) is 0.261. The maximum Gasteiger partial charge on any atom is 0.0296 e. The summed E-state index contributed by atoms with van der Waals surface area (Å²) in [6.07, 6.45) is 2.18. The van der Waals surface area contributed by atoms with Crippen LogP contribution in [0.3, 0.4) is 0 Å². The maximum atomic E-state index is 4.21. The third kappa shape index (κ3) is 1.55. The van der Waals surface area contributed by atoms with Crippen LogP contribution in [0.4, 0.5) is 0 Å². The Bertz CT molecular complexity index is 428. The number of hydrogen-bond acceptors (Lipinski definition) is 0. The zero-order chi connectivity index (χ0) is 11.7. The van der Waals surface area contributed by atoms with E-state index < -0.39 is 0 Å². The Morgan fingerprint density at radius 3 is 2.06 bits per heavy atom. The predicted molar refractivity (Wildman–Crippen MR) is 72.0 cm³/mol. The topological polar surface area (TPSA) is 0 Å². The van der Waals surface area contributed by atoms with E-state index in [1.165, 1.54) is 27.8 Å². The minimum Gasteiger partial charge on any atom is -0.0989 e. The largest absolute Gasteiger partial charge is 0.0989 e. The SMILES string of the molecule is C=C(CCC)C1C(=C)c2ccccc2C1=C. The molecule has 0 atom stereocenters. The fraction of sp³-hybridized carbons (Fsp3) is 0.250. The zero-order valence-corrected chi connectivity index (χ0v) is 9.92. The lowest BCUT2D eigenvalue weighted by molar-refractivity contribution is 0.843. The first-order valence-corrected chi connectivity index (χ1v) is 5.81. The molecule has 2 rings (SSSR count). The van der Waals surface area contributed by atoms with Crippen molar-refractivity contribution in [1.82, 2.24) is 0 Å². The molecule has 0 unspecified atom stereocenters. The minimum atomic E-state index is 0.261. The van der Waals surface area contributed by atoms with E-state index in [-0.39, 0.29) is 5.92 Å². The van der Waals surface area contributed by atoms with Crippen LogP contribution in [-0.2, 0) is 0 Å². The van der Waals surface area contributed by atoms with Gasteiger partial charge in [-0.05, 0) is 28.7 Å². The highest BCUT2D eigenvalue weighted by molar-refractivity contribution is 5.95. The molecule has 0 spiro atoms. The van der Waals surface area contributed by atoms with Gasteiger partial charge in [-0.3, -0.25) is 0 Å². The highest BCUT2D eigenvalue weighted by Gasteiger charge is 2.29. The van der Waals surface area contributed by atoms with Gasteiger partial charge >= 0.3 is 0 Å². The van der Waals surface area contributed by atoms with Gasteiger partial charge in [0.25, 0.3) is 0 Å². The molecule has 82 valence electrons. The summed E-state index contributed by atoms with van der Waals surface area (Å²) in [6.45, 7) is 14.8. The van der Waals surface area contributed by atoms with Gasteiger partial charge < -0.3 is 0 Å². The van der Waals surface area contributed by atoms with E-state index in [1.54, 1.807) is 0 Å². The van der Waals surface area contributed by atoms with Gasteiger partial charge in [-0.25, -0.2) is 0 Å². The van der Waals surface area contributed by atoms with Crippen molar-refractivity contribution in [2.75, 3.05) is 0 Å². The number of hydrogen-bond donors (Lipinski definition) is 0. The Morgan fingerprint density at radius 2 is 1.62 bits per heavy atom. The lowest BCUT2D eigenvalue weighted by Crippen LogP contribution is -2.00. The monoisotopic (exact) mass is 210 g/mol. The summed E-state index contributed by atoms with van der Waals surface area (Å²) < 4.78 is 0. The van der Waals surface area contributed by atoms with Gasteiger partial charge in [0, 0.05) is 5.92 Å². The second-order valence-electron chi connectivity index (χ2n) is 4.44. The molecule has 0 radical (unpaired) electrons. The van der Waals surface area contributed by atoms with E-state index in [4.69, 9.17) is 0 Å². The van der Waals surface area contributed by atoms with Crippen molar-refractivity contribution >= 4 is 11.1 Å². The summed E-state index contributed by atoms with van der Waals surface area (Å²) in [7, 11) is 0. The normalized spacial score (nSPS) is 15.3. The molecule has 0 nitrogen and oxygen atoms in total. The quantitative estimate of drug-likeness (QED) is 0.634. The molecular weight excluding hydrogens is 192 g/mol. The summed E-state index contributed by atoms with van der Waals surface area (Å²) in [5.41, 5.74) is 6.07. The number of rotatable bonds is 3. The van der Waals surface area contributed by atoms with E-state index in [0.29, 0.717) is 0 Å². The van der Waals surface area contributed by atoms with Crippen molar-refractivity contribution in [2.24, 2.45) is 5.92 Å². The van der Waals surface area contributed by atoms with E-state index in [2.05, 4.69) is 50.9 Å². The van der Waals surface area contributed by atoms with E-state index >= 15 is 0 Å². The Kier molecular flexibility index (Phi) is 2.82. The van der Waals surface area contributed by atoms with Crippen molar-refractivity contribution in [1.29, 1.82) is 0 Å². The molecule has 1 aliphatic carbocycles. The molecule has 0 amide bonds. The molecule has 1 aromatic carbocycles. The van der Waals surface area contributed by atoms with Crippen LogP contribution < -0.4 is 0 Å². The van der Waals surface area contributed by atoms with Crippen LogP contribution in [0.25, 0.3) is 11.1 Å². The maximum absolute atomic E-state index is 4.21. The number of benzene rings is 1. The zero-order valence-electron chi connectivity index (χ0n) is 9.92. The number of allylic oxidation sites excluding steroid dienone is 3. The van der Waals surface area contributed by atoms with Gasteiger partial charge in [-0.2, -0.15) is 0 Å². The molecule has 16 heavy (non-hydrogen) atoms. The average Bonchev–Trinajstić information content (AvgIpc) is 2.53. The predicted octanol–water partition coefficient (Wildman–Crippen LogP) is 4.70. The third-order valence-electron chi connectivity index (χ3n) is 3.30. The van der Waals surface area contributed by atoms with Crippen LogP contribution in [0.1, 0.15) is 30.9 Å². The highest BCUT2D eigenvalue weighted by Crippen LogP contribution is 2.47. The van der Waals surface area contributed by atoms with Crippen LogP contribution in [0.15, 0.2) is 49.6 Å². The lowest BCUT2D eigenvalue weighted by Gasteiger charge is -2.15. The lowest BCUT2D eigenvalue weighted by atomic mass is 9.88. The Labute approximate surface area is 98.0 Å². The van der Waals surface area contributed by atoms with Crippen LogP contribution in [0, 0.1) is 5.92 Å². The first kappa shape index (κ1) is 10.9. The van der Waals surface area contributed by atoms with Crippen molar-refractivity contribution in [2.45, 2.75) is 19.8 Å². The van der Waals surface area contributed by atoms with Crippen LogP contribution in [0.5, 0.6) is 0 Å².